The van der Waals surface area contributed by atoms with Crippen molar-refractivity contribution in [3.05, 3.63) is 23.8 Å². The molecule has 0 bridgehead atoms. The number of aliphatic hydroxyl groups excluding tert-OH is 1. The molecule has 2 N–H and O–H groups in total. The molecule has 1 atom stereocenters. The number of benzene rings is 1. The van der Waals surface area contributed by atoms with E-state index in [1.807, 2.05) is 0 Å². The van der Waals surface area contributed by atoms with Gasteiger partial charge in [-0.2, -0.15) is 5.26 Å². The summed E-state index contributed by atoms with van der Waals surface area (Å²) in [4.78, 5) is 0. The van der Waals surface area contributed by atoms with E-state index in [0.717, 1.165) is 5.69 Å². The first kappa shape index (κ1) is 8.85. The molecule has 0 amide bonds. The van der Waals surface area contributed by atoms with Crippen LogP contribution in [-0.2, 0) is 0 Å². The van der Waals surface area contributed by atoms with E-state index in [-0.39, 0.29) is 12.7 Å². The summed E-state index contributed by atoms with van der Waals surface area (Å²) in [6.45, 7) is 0.560. The molecule has 72 valence electrons. The number of nitrogens with zero attached hydrogens (tertiary/aromatic N) is 1. The van der Waals surface area contributed by atoms with Crippen LogP contribution in [0.4, 0.5) is 5.69 Å². The highest BCUT2D eigenvalue weighted by Gasteiger charge is 2.18. The molecule has 0 aliphatic carbocycles. The molecule has 1 heterocycles. The number of aliphatic hydroxyl groups is 1. The third kappa shape index (κ3) is 1.50. The van der Waals surface area contributed by atoms with Crippen molar-refractivity contribution in [2.45, 2.75) is 6.10 Å². The van der Waals surface area contributed by atoms with Crippen molar-refractivity contribution >= 4 is 5.69 Å². The second-order valence-corrected chi connectivity index (χ2v) is 3.13. The quantitative estimate of drug-likeness (QED) is 0.685. The lowest BCUT2D eigenvalue weighted by atomic mass is 10.1. The summed E-state index contributed by atoms with van der Waals surface area (Å²) in [5.41, 5.74) is 1.41. The van der Waals surface area contributed by atoms with E-state index in [1.165, 1.54) is 0 Å². The van der Waals surface area contributed by atoms with E-state index in [9.17, 15) is 0 Å². The molecule has 1 aliphatic rings. The van der Waals surface area contributed by atoms with E-state index in [0.29, 0.717) is 17.9 Å². The number of hydrogen-bond donors (Lipinski definition) is 2. The Bertz CT molecular complexity index is 384. The van der Waals surface area contributed by atoms with Gasteiger partial charge in [-0.25, -0.2) is 0 Å². The van der Waals surface area contributed by atoms with Gasteiger partial charge >= 0.3 is 0 Å². The Morgan fingerprint density at radius 3 is 3.21 bits per heavy atom. The molecular weight excluding hydrogens is 180 g/mol. The zero-order valence-electron chi connectivity index (χ0n) is 7.53. The van der Waals surface area contributed by atoms with Gasteiger partial charge < -0.3 is 15.2 Å². The standard InChI is InChI=1S/C10H10N2O2/c11-4-7-1-2-10-9(3-7)12-5-8(6-13)14-10/h1-3,8,12-13H,5-6H2. The number of fused-ring (bicyclic) bond motifs is 1. The van der Waals surface area contributed by atoms with Crippen LogP contribution in [0.5, 0.6) is 5.75 Å². The molecular formula is C10H10N2O2. The Hall–Kier alpha value is -1.73. The van der Waals surface area contributed by atoms with Crippen LogP contribution in [0.25, 0.3) is 0 Å². The molecule has 14 heavy (non-hydrogen) atoms. The zero-order valence-corrected chi connectivity index (χ0v) is 7.53. The first-order valence-corrected chi connectivity index (χ1v) is 4.39. The van der Waals surface area contributed by atoms with Crippen molar-refractivity contribution in [2.75, 3.05) is 18.5 Å². The van der Waals surface area contributed by atoms with Crippen LogP contribution < -0.4 is 10.1 Å². The molecule has 0 spiro atoms. The van der Waals surface area contributed by atoms with E-state index >= 15 is 0 Å². The fraction of sp³-hybridized carbons (Fsp3) is 0.300. The molecule has 1 aromatic carbocycles. The predicted octanol–water partition coefficient (Wildman–Crippen LogP) is 0.723. The normalized spacial score (nSPS) is 18.7. The minimum atomic E-state index is -0.199. The highest BCUT2D eigenvalue weighted by Crippen LogP contribution is 2.29. The Kier molecular flexibility index (Phi) is 2.25. The minimum Gasteiger partial charge on any atom is -0.484 e. The van der Waals surface area contributed by atoms with Gasteiger partial charge in [-0.15, -0.1) is 0 Å². The Balaban J connectivity index is 2.29. The maximum absolute atomic E-state index is 8.90. The van der Waals surface area contributed by atoms with Gasteiger partial charge in [0.2, 0.25) is 0 Å². The summed E-state index contributed by atoms with van der Waals surface area (Å²) in [6, 6.07) is 7.23. The molecule has 4 heteroatoms. The Morgan fingerprint density at radius 2 is 2.50 bits per heavy atom. The fourth-order valence-corrected chi connectivity index (χ4v) is 1.39. The van der Waals surface area contributed by atoms with E-state index in [1.54, 1.807) is 18.2 Å². The molecule has 0 radical (unpaired) electrons. The van der Waals surface area contributed by atoms with Crippen molar-refractivity contribution in [3.8, 4) is 11.8 Å². The molecule has 1 aliphatic heterocycles. The van der Waals surface area contributed by atoms with Crippen molar-refractivity contribution in [2.24, 2.45) is 0 Å². The largest absolute Gasteiger partial charge is 0.484 e. The number of nitriles is 1. The molecule has 0 saturated carbocycles. The number of ether oxygens (including phenoxy) is 1. The second-order valence-electron chi connectivity index (χ2n) is 3.13. The predicted molar refractivity (Wildman–Crippen MR) is 51.1 cm³/mol. The van der Waals surface area contributed by atoms with Gasteiger partial charge in [0, 0.05) is 0 Å². The van der Waals surface area contributed by atoms with E-state index < -0.39 is 0 Å². The van der Waals surface area contributed by atoms with Crippen LogP contribution in [-0.4, -0.2) is 24.4 Å². The van der Waals surface area contributed by atoms with Gasteiger partial charge in [0.15, 0.2) is 0 Å². The van der Waals surface area contributed by atoms with Crippen LogP contribution in [0.15, 0.2) is 18.2 Å². The van der Waals surface area contributed by atoms with Crippen molar-refractivity contribution in [1.82, 2.24) is 0 Å². The molecule has 0 saturated heterocycles. The lowest BCUT2D eigenvalue weighted by Gasteiger charge is -2.25. The molecule has 2 rings (SSSR count). The van der Waals surface area contributed by atoms with Crippen molar-refractivity contribution in [1.29, 1.82) is 5.26 Å². The second kappa shape index (κ2) is 3.56. The molecule has 1 aromatic rings. The summed E-state index contributed by atoms with van der Waals surface area (Å²) < 4.78 is 5.46. The van der Waals surface area contributed by atoms with Gasteiger partial charge in [0.25, 0.3) is 0 Å². The Morgan fingerprint density at radius 1 is 1.64 bits per heavy atom. The SMILES string of the molecule is N#Cc1ccc2c(c1)NCC(CO)O2. The van der Waals surface area contributed by atoms with Gasteiger partial charge in [-0.05, 0) is 18.2 Å². The molecule has 0 fully saturated rings. The summed E-state index contributed by atoms with van der Waals surface area (Å²) >= 11 is 0. The summed E-state index contributed by atoms with van der Waals surface area (Å²) in [6.07, 6.45) is -0.199. The zero-order chi connectivity index (χ0) is 9.97. The van der Waals surface area contributed by atoms with Crippen LogP contribution in [0.3, 0.4) is 0 Å². The average Bonchev–Trinajstić information content (AvgIpc) is 2.27. The third-order valence-corrected chi connectivity index (χ3v) is 2.13. The number of rotatable bonds is 1. The third-order valence-electron chi connectivity index (χ3n) is 2.13. The van der Waals surface area contributed by atoms with E-state index in [4.69, 9.17) is 15.1 Å². The Labute approximate surface area is 81.7 Å². The first-order chi connectivity index (χ1) is 6.83. The van der Waals surface area contributed by atoms with Crippen molar-refractivity contribution in [3.63, 3.8) is 0 Å². The summed E-state index contributed by atoms with van der Waals surface area (Å²) in [5, 5.41) is 20.7. The highest BCUT2D eigenvalue weighted by molar-refractivity contribution is 5.61. The summed E-state index contributed by atoms with van der Waals surface area (Å²) in [7, 11) is 0. The molecule has 1 unspecified atom stereocenters. The number of anilines is 1. The maximum Gasteiger partial charge on any atom is 0.143 e. The number of hydrogen-bond acceptors (Lipinski definition) is 4. The molecule has 0 aromatic heterocycles. The van der Waals surface area contributed by atoms with Gasteiger partial charge in [-0.1, -0.05) is 0 Å². The van der Waals surface area contributed by atoms with Crippen LogP contribution >= 0.6 is 0 Å². The first-order valence-electron chi connectivity index (χ1n) is 4.39. The molecule has 4 nitrogen and oxygen atoms in total. The average molecular weight is 190 g/mol. The smallest absolute Gasteiger partial charge is 0.143 e. The fourth-order valence-electron chi connectivity index (χ4n) is 1.39. The monoisotopic (exact) mass is 190 g/mol. The summed E-state index contributed by atoms with van der Waals surface area (Å²) in [5.74, 6) is 0.689. The highest BCUT2D eigenvalue weighted by atomic mass is 16.5. The van der Waals surface area contributed by atoms with Gasteiger partial charge in [0.05, 0.1) is 30.5 Å². The lowest BCUT2D eigenvalue weighted by molar-refractivity contribution is 0.120. The van der Waals surface area contributed by atoms with Crippen molar-refractivity contribution < 1.29 is 9.84 Å². The number of nitrogens with one attached hydrogen (secondary N) is 1. The van der Waals surface area contributed by atoms with Crippen LogP contribution in [0, 0.1) is 11.3 Å². The lowest BCUT2D eigenvalue weighted by Crippen LogP contribution is -2.33. The minimum absolute atomic E-state index is 0.00750. The van der Waals surface area contributed by atoms with Gasteiger partial charge in [0.1, 0.15) is 11.9 Å². The topological polar surface area (TPSA) is 65.3 Å². The van der Waals surface area contributed by atoms with Gasteiger partial charge in [-0.3, -0.25) is 0 Å². The maximum atomic E-state index is 8.90. The van der Waals surface area contributed by atoms with Crippen LogP contribution in [0.1, 0.15) is 5.56 Å². The van der Waals surface area contributed by atoms with Crippen LogP contribution in [0.2, 0.25) is 0 Å². The van der Waals surface area contributed by atoms with E-state index in [2.05, 4.69) is 11.4 Å².